The molecule has 1 unspecified atom stereocenters. The fourth-order valence-corrected chi connectivity index (χ4v) is 1.38. The molecule has 3 heteroatoms. The van der Waals surface area contributed by atoms with Gasteiger partial charge in [0, 0.05) is 5.69 Å². The van der Waals surface area contributed by atoms with Gasteiger partial charge in [-0.05, 0) is 25.5 Å². The lowest BCUT2D eigenvalue weighted by Gasteiger charge is -2.05. The molecule has 11 heavy (non-hydrogen) atoms. The maximum atomic E-state index is 5.88. The Morgan fingerprint density at radius 3 is 2.55 bits per heavy atom. The highest BCUT2D eigenvalue weighted by molar-refractivity contribution is 6.29. The van der Waals surface area contributed by atoms with E-state index in [1.807, 2.05) is 19.9 Å². The van der Waals surface area contributed by atoms with Crippen LogP contribution in [-0.4, -0.2) is 4.98 Å². The van der Waals surface area contributed by atoms with E-state index < -0.39 is 0 Å². The van der Waals surface area contributed by atoms with Crippen LogP contribution in [0.3, 0.4) is 0 Å². The summed E-state index contributed by atoms with van der Waals surface area (Å²) in [5.41, 5.74) is 1.94. The molecule has 1 nitrogen and oxygen atoms in total. The molecule has 0 saturated carbocycles. The molecule has 0 fully saturated rings. The highest BCUT2D eigenvalue weighted by atomic mass is 35.5. The van der Waals surface area contributed by atoms with Gasteiger partial charge in [-0.15, -0.1) is 11.6 Å². The van der Waals surface area contributed by atoms with Crippen molar-refractivity contribution < 1.29 is 0 Å². The minimum absolute atomic E-state index is 0.000216. The van der Waals surface area contributed by atoms with Gasteiger partial charge in [-0.2, -0.15) is 0 Å². The van der Waals surface area contributed by atoms with Crippen molar-refractivity contribution >= 4 is 23.2 Å². The summed E-state index contributed by atoms with van der Waals surface area (Å²) in [4.78, 5) is 4.08. The largest absolute Gasteiger partial charge is 0.241 e. The molecule has 1 aromatic rings. The topological polar surface area (TPSA) is 12.9 Å². The molecule has 1 heterocycles. The van der Waals surface area contributed by atoms with Crippen LogP contribution in [0.4, 0.5) is 0 Å². The van der Waals surface area contributed by atoms with E-state index in [2.05, 4.69) is 4.98 Å². The van der Waals surface area contributed by atoms with E-state index in [1.54, 1.807) is 6.07 Å². The third-order valence-corrected chi connectivity index (χ3v) is 1.97. The van der Waals surface area contributed by atoms with Crippen LogP contribution in [0.1, 0.15) is 23.6 Å². The molecule has 0 bridgehead atoms. The number of nitrogens with zero attached hydrogens (tertiary/aromatic N) is 1. The quantitative estimate of drug-likeness (QED) is 0.488. The average molecular weight is 190 g/mol. The van der Waals surface area contributed by atoms with Gasteiger partial charge in [0.25, 0.3) is 0 Å². The summed E-state index contributed by atoms with van der Waals surface area (Å²) >= 11 is 11.5. The molecule has 0 N–H and O–H groups in total. The summed E-state index contributed by atoms with van der Waals surface area (Å²) in [7, 11) is 0. The predicted octanol–water partition coefficient (Wildman–Crippen LogP) is 3.34. The van der Waals surface area contributed by atoms with Crippen molar-refractivity contribution in [1.82, 2.24) is 4.98 Å². The summed E-state index contributed by atoms with van der Waals surface area (Å²) in [6.45, 7) is 3.82. The highest BCUT2D eigenvalue weighted by Gasteiger charge is 2.05. The normalized spacial score (nSPS) is 13.1. The van der Waals surface area contributed by atoms with Gasteiger partial charge in [-0.3, -0.25) is 0 Å². The number of halogens is 2. The number of pyridine rings is 1. The molecule has 60 valence electrons. The Kier molecular flexibility index (Phi) is 2.74. The maximum absolute atomic E-state index is 5.88. The first-order chi connectivity index (χ1) is 5.11. The maximum Gasteiger partial charge on any atom is 0.129 e. The monoisotopic (exact) mass is 189 g/mol. The van der Waals surface area contributed by atoms with Crippen molar-refractivity contribution in [2.75, 3.05) is 0 Å². The van der Waals surface area contributed by atoms with Gasteiger partial charge in [0.05, 0.1) is 5.38 Å². The number of hydrogen-bond donors (Lipinski definition) is 0. The summed E-state index contributed by atoms with van der Waals surface area (Å²) in [5.74, 6) is 0. The van der Waals surface area contributed by atoms with Crippen LogP contribution in [0, 0.1) is 6.92 Å². The first kappa shape index (κ1) is 8.82. The Balaban J connectivity index is 3.09. The molecule has 0 amide bonds. The Morgan fingerprint density at radius 1 is 1.45 bits per heavy atom. The fourth-order valence-electron chi connectivity index (χ4n) is 0.962. The Bertz CT molecular complexity index is 258. The van der Waals surface area contributed by atoms with Crippen LogP contribution in [0.5, 0.6) is 0 Å². The second kappa shape index (κ2) is 3.42. The van der Waals surface area contributed by atoms with Gasteiger partial charge in [0.1, 0.15) is 5.15 Å². The minimum Gasteiger partial charge on any atom is -0.241 e. The van der Waals surface area contributed by atoms with Gasteiger partial charge in [-0.25, -0.2) is 4.98 Å². The lowest BCUT2D eigenvalue weighted by Crippen LogP contribution is -1.92. The third-order valence-electron chi connectivity index (χ3n) is 1.52. The molecular weight excluding hydrogens is 181 g/mol. The van der Waals surface area contributed by atoms with E-state index >= 15 is 0 Å². The van der Waals surface area contributed by atoms with Gasteiger partial charge in [0.2, 0.25) is 0 Å². The van der Waals surface area contributed by atoms with Crippen LogP contribution >= 0.6 is 23.2 Å². The minimum atomic E-state index is -0.000216. The van der Waals surface area contributed by atoms with E-state index in [1.165, 1.54) is 0 Å². The van der Waals surface area contributed by atoms with Gasteiger partial charge in [-0.1, -0.05) is 17.7 Å². The molecule has 0 aliphatic rings. The summed E-state index contributed by atoms with van der Waals surface area (Å²) in [6.07, 6.45) is 0. The summed E-state index contributed by atoms with van der Waals surface area (Å²) in [6, 6.07) is 3.66. The zero-order valence-electron chi connectivity index (χ0n) is 6.44. The first-order valence-corrected chi connectivity index (χ1v) is 4.20. The first-order valence-electron chi connectivity index (χ1n) is 3.38. The number of alkyl halides is 1. The Morgan fingerprint density at radius 2 is 2.09 bits per heavy atom. The number of aromatic nitrogens is 1. The molecular formula is C8H9Cl2N. The summed E-state index contributed by atoms with van der Waals surface area (Å²) < 4.78 is 0. The smallest absolute Gasteiger partial charge is 0.129 e. The standard InChI is InChI=1S/C8H9Cl2N/c1-5(9)7-3-4-8(10)11-6(7)2/h3-5H,1-2H3. The van der Waals surface area contributed by atoms with Gasteiger partial charge >= 0.3 is 0 Å². The van der Waals surface area contributed by atoms with Crippen molar-refractivity contribution in [3.63, 3.8) is 0 Å². The van der Waals surface area contributed by atoms with Crippen LogP contribution in [0.25, 0.3) is 0 Å². The molecule has 0 aromatic carbocycles. The van der Waals surface area contributed by atoms with Crippen LogP contribution < -0.4 is 0 Å². The zero-order valence-corrected chi connectivity index (χ0v) is 7.95. The second-order valence-corrected chi connectivity index (χ2v) is 3.47. The second-order valence-electron chi connectivity index (χ2n) is 2.42. The van der Waals surface area contributed by atoms with Crippen molar-refractivity contribution in [3.8, 4) is 0 Å². The lowest BCUT2D eigenvalue weighted by atomic mass is 10.1. The zero-order chi connectivity index (χ0) is 8.43. The third kappa shape index (κ3) is 2.08. The van der Waals surface area contributed by atoms with E-state index in [0.29, 0.717) is 5.15 Å². The van der Waals surface area contributed by atoms with Crippen LogP contribution in [0.15, 0.2) is 12.1 Å². The van der Waals surface area contributed by atoms with Crippen molar-refractivity contribution in [3.05, 3.63) is 28.5 Å². The molecule has 0 aliphatic heterocycles. The van der Waals surface area contributed by atoms with Gasteiger partial charge < -0.3 is 0 Å². The molecule has 0 spiro atoms. The highest BCUT2D eigenvalue weighted by Crippen LogP contribution is 2.22. The van der Waals surface area contributed by atoms with E-state index in [9.17, 15) is 0 Å². The molecule has 1 rings (SSSR count). The molecule has 1 atom stereocenters. The SMILES string of the molecule is Cc1nc(Cl)ccc1C(C)Cl. The van der Waals surface area contributed by atoms with E-state index in [4.69, 9.17) is 23.2 Å². The average Bonchev–Trinajstić information content (AvgIpc) is 1.85. The summed E-state index contributed by atoms with van der Waals surface area (Å²) in [5, 5.41) is 0.517. The van der Waals surface area contributed by atoms with Gasteiger partial charge in [0.15, 0.2) is 0 Å². The molecule has 0 saturated heterocycles. The van der Waals surface area contributed by atoms with Crippen molar-refractivity contribution in [1.29, 1.82) is 0 Å². The van der Waals surface area contributed by atoms with E-state index in [0.717, 1.165) is 11.3 Å². The van der Waals surface area contributed by atoms with Crippen molar-refractivity contribution in [2.45, 2.75) is 19.2 Å². The number of aryl methyl sites for hydroxylation is 1. The fraction of sp³-hybridized carbons (Fsp3) is 0.375. The Hall–Kier alpha value is -0.270. The number of hydrogen-bond acceptors (Lipinski definition) is 1. The molecule has 0 aliphatic carbocycles. The lowest BCUT2D eigenvalue weighted by molar-refractivity contribution is 1.01. The predicted molar refractivity (Wildman–Crippen MR) is 48.3 cm³/mol. The molecule has 0 radical (unpaired) electrons. The van der Waals surface area contributed by atoms with Crippen molar-refractivity contribution in [2.24, 2.45) is 0 Å². The van der Waals surface area contributed by atoms with Crippen LogP contribution in [-0.2, 0) is 0 Å². The van der Waals surface area contributed by atoms with E-state index in [-0.39, 0.29) is 5.38 Å². The molecule has 1 aromatic heterocycles. The van der Waals surface area contributed by atoms with Crippen LogP contribution in [0.2, 0.25) is 5.15 Å². The Labute approximate surface area is 76.4 Å². The number of rotatable bonds is 1.